The molecule has 0 aromatic carbocycles. The molecule has 0 saturated heterocycles. The van der Waals surface area contributed by atoms with Crippen molar-refractivity contribution in [1.29, 1.82) is 0 Å². The van der Waals surface area contributed by atoms with Gasteiger partial charge in [-0.25, -0.2) is 0 Å². The van der Waals surface area contributed by atoms with Crippen molar-refractivity contribution in [2.45, 2.75) is 361 Å². The number of unbranched alkanes of at least 4 members (excludes halogenated alkanes) is 44. The van der Waals surface area contributed by atoms with Crippen LogP contribution in [0.1, 0.15) is 355 Å². The van der Waals surface area contributed by atoms with E-state index in [2.05, 4.69) is 45.1 Å². The molecule has 6 nitrogen and oxygen atoms in total. The number of rotatable bonds is 59. The first-order chi connectivity index (χ1) is 35.0. The number of hydrogen-bond donors (Lipinski definition) is 0. The van der Waals surface area contributed by atoms with E-state index < -0.39 is 6.10 Å². The molecule has 71 heavy (non-hydrogen) atoms. The number of ether oxygens (including phenoxy) is 3. The molecule has 0 aliphatic heterocycles. The van der Waals surface area contributed by atoms with Gasteiger partial charge in [0.25, 0.3) is 0 Å². The van der Waals surface area contributed by atoms with E-state index in [1.807, 2.05) is 0 Å². The Balaban J connectivity index is 4.18. The van der Waals surface area contributed by atoms with Gasteiger partial charge in [0.2, 0.25) is 0 Å². The van der Waals surface area contributed by atoms with E-state index in [0.29, 0.717) is 19.3 Å². The van der Waals surface area contributed by atoms with Crippen molar-refractivity contribution in [2.75, 3.05) is 13.2 Å². The van der Waals surface area contributed by atoms with Crippen LogP contribution in [0, 0.1) is 0 Å². The quantitative estimate of drug-likeness (QED) is 0.0261. The molecule has 0 bridgehead atoms. The molecule has 0 amide bonds. The minimum absolute atomic E-state index is 0.0713. The molecule has 1 atom stereocenters. The number of carbonyl (C=O) groups excluding carboxylic acids is 3. The average Bonchev–Trinajstić information content (AvgIpc) is 3.37. The molecule has 0 rings (SSSR count). The molecule has 1 unspecified atom stereocenters. The molecule has 0 aliphatic carbocycles. The van der Waals surface area contributed by atoms with Crippen molar-refractivity contribution < 1.29 is 28.6 Å². The predicted molar refractivity (Wildman–Crippen MR) is 307 cm³/mol. The Labute approximate surface area is 443 Å². The Morgan fingerprint density at radius 2 is 0.507 bits per heavy atom. The van der Waals surface area contributed by atoms with Gasteiger partial charge in [-0.2, -0.15) is 0 Å². The van der Waals surface area contributed by atoms with E-state index >= 15 is 0 Å². The van der Waals surface area contributed by atoms with Crippen LogP contribution in [0.25, 0.3) is 0 Å². The second kappa shape index (κ2) is 60.4. The Morgan fingerprint density at radius 1 is 0.282 bits per heavy atom. The van der Waals surface area contributed by atoms with Gasteiger partial charge in [0.15, 0.2) is 6.10 Å². The van der Waals surface area contributed by atoms with E-state index in [0.717, 1.165) is 77.0 Å². The maximum absolute atomic E-state index is 12.9. The molecule has 0 aromatic heterocycles. The van der Waals surface area contributed by atoms with Crippen LogP contribution in [0.3, 0.4) is 0 Å². The standard InChI is InChI=1S/C65H122O6/c1-4-7-10-13-16-19-22-25-27-28-29-30-31-32-33-34-35-36-37-39-40-43-46-49-52-55-58-64(67)70-61-62(60-69-63(66)57-54-51-48-45-42-24-21-18-15-12-9-6-3)71-65(68)59-56-53-50-47-44-41-38-26-23-20-17-14-11-8-5-2/h17,20,26,38,62H,4-16,18-19,21-25,27-37,39-61H2,1-3H3/b20-17-,38-26-. The highest BCUT2D eigenvalue weighted by molar-refractivity contribution is 5.71. The Hall–Kier alpha value is -2.11. The minimum atomic E-state index is -0.774. The molecule has 0 fully saturated rings. The largest absolute Gasteiger partial charge is 0.462 e. The van der Waals surface area contributed by atoms with Gasteiger partial charge in [-0.1, -0.05) is 308 Å². The van der Waals surface area contributed by atoms with E-state index in [9.17, 15) is 14.4 Å². The van der Waals surface area contributed by atoms with Gasteiger partial charge in [0, 0.05) is 19.3 Å². The minimum Gasteiger partial charge on any atom is -0.462 e. The Bertz CT molecular complexity index is 1150. The third kappa shape index (κ3) is 58.7. The lowest BCUT2D eigenvalue weighted by Gasteiger charge is -2.18. The summed E-state index contributed by atoms with van der Waals surface area (Å²) in [6.07, 6.45) is 71.9. The second-order valence-electron chi connectivity index (χ2n) is 21.7. The first-order valence-electron chi connectivity index (χ1n) is 31.8. The SMILES string of the molecule is CCCCC/C=C\C/C=C\CCCCCCCC(=O)OC(COC(=O)CCCCCCCCCCCCCC)COC(=O)CCCCCCCCCCCCCCCCCCCCCCCCCCCC. The molecule has 0 aliphatic rings. The molecule has 0 heterocycles. The summed E-state index contributed by atoms with van der Waals surface area (Å²) in [6.45, 7) is 6.66. The molecule has 6 heteroatoms. The Kier molecular flexibility index (Phi) is 58.6. The smallest absolute Gasteiger partial charge is 0.306 e. The van der Waals surface area contributed by atoms with Crippen LogP contribution >= 0.6 is 0 Å². The highest BCUT2D eigenvalue weighted by Gasteiger charge is 2.19. The van der Waals surface area contributed by atoms with Gasteiger partial charge < -0.3 is 14.2 Å². The average molecular weight is 1000 g/mol. The number of hydrogen-bond acceptors (Lipinski definition) is 6. The third-order valence-corrected chi connectivity index (χ3v) is 14.5. The van der Waals surface area contributed by atoms with Gasteiger partial charge in [0.1, 0.15) is 13.2 Å². The molecular formula is C65H122O6. The lowest BCUT2D eigenvalue weighted by atomic mass is 10.0. The van der Waals surface area contributed by atoms with Crippen LogP contribution in [-0.2, 0) is 28.6 Å². The van der Waals surface area contributed by atoms with E-state index in [4.69, 9.17) is 14.2 Å². The van der Waals surface area contributed by atoms with Crippen LogP contribution in [0.2, 0.25) is 0 Å². The summed E-state index contributed by atoms with van der Waals surface area (Å²) in [4.78, 5) is 38.2. The number of carbonyl (C=O) groups is 3. The van der Waals surface area contributed by atoms with E-state index in [-0.39, 0.29) is 31.1 Å². The molecule has 0 saturated carbocycles. The fourth-order valence-corrected chi connectivity index (χ4v) is 9.65. The fraction of sp³-hybridized carbons (Fsp3) is 0.892. The maximum atomic E-state index is 12.9. The number of allylic oxidation sites excluding steroid dienone is 4. The van der Waals surface area contributed by atoms with Crippen molar-refractivity contribution in [3.63, 3.8) is 0 Å². The van der Waals surface area contributed by atoms with Crippen molar-refractivity contribution >= 4 is 17.9 Å². The summed E-state index contributed by atoms with van der Waals surface area (Å²) in [5, 5.41) is 0. The van der Waals surface area contributed by atoms with Gasteiger partial charge in [-0.05, 0) is 51.4 Å². The summed E-state index contributed by atoms with van der Waals surface area (Å²) in [6, 6.07) is 0. The maximum Gasteiger partial charge on any atom is 0.306 e. The van der Waals surface area contributed by atoms with Crippen molar-refractivity contribution in [1.82, 2.24) is 0 Å². The second-order valence-corrected chi connectivity index (χ2v) is 21.7. The van der Waals surface area contributed by atoms with Crippen molar-refractivity contribution in [2.24, 2.45) is 0 Å². The topological polar surface area (TPSA) is 78.9 Å². The van der Waals surface area contributed by atoms with E-state index in [1.54, 1.807) is 0 Å². The zero-order valence-electron chi connectivity index (χ0n) is 48.0. The van der Waals surface area contributed by atoms with Crippen LogP contribution in [0.15, 0.2) is 24.3 Å². The molecular weight excluding hydrogens is 877 g/mol. The first-order valence-corrected chi connectivity index (χ1v) is 31.8. The van der Waals surface area contributed by atoms with Crippen LogP contribution in [-0.4, -0.2) is 37.2 Å². The lowest BCUT2D eigenvalue weighted by Crippen LogP contribution is -2.30. The number of esters is 3. The monoisotopic (exact) mass is 999 g/mol. The zero-order chi connectivity index (χ0) is 51.4. The van der Waals surface area contributed by atoms with Crippen molar-refractivity contribution in [3.05, 3.63) is 24.3 Å². The van der Waals surface area contributed by atoms with Crippen LogP contribution < -0.4 is 0 Å². The summed E-state index contributed by atoms with van der Waals surface area (Å²) in [5.74, 6) is -0.861. The molecule has 0 aromatic rings. The highest BCUT2D eigenvalue weighted by Crippen LogP contribution is 2.18. The summed E-state index contributed by atoms with van der Waals surface area (Å²) in [5.41, 5.74) is 0. The summed E-state index contributed by atoms with van der Waals surface area (Å²) >= 11 is 0. The van der Waals surface area contributed by atoms with Crippen molar-refractivity contribution in [3.8, 4) is 0 Å². The molecule has 418 valence electrons. The van der Waals surface area contributed by atoms with E-state index in [1.165, 1.54) is 238 Å². The predicted octanol–water partition coefficient (Wildman–Crippen LogP) is 21.4. The van der Waals surface area contributed by atoms with Gasteiger partial charge in [0.05, 0.1) is 0 Å². The van der Waals surface area contributed by atoms with Crippen LogP contribution in [0.5, 0.6) is 0 Å². The lowest BCUT2D eigenvalue weighted by molar-refractivity contribution is -0.167. The molecule has 0 radical (unpaired) electrons. The molecule has 0 spiro atoms. The first kappa shape index (κ1) is 68.9. The summed E-state index contributed by atoms with van der Waals surface area (Å²) < 4.78 is 16.9. The summed E-state index contributed by atoms with van der Waals surface area (Å²) in [7, 11) is 0. The van der Waals surface area contributed by atoms with Gasteiger partial charge in [-0.3, -0.25) is 14.4 Å². The van der Waals surface area contributed by atoms with Gasteiger partial charge >= 0.3 is 17.9 Å². The normalized spacial score (nSPS) is 12.1. The fourth-order valence-electron chi connectivity index (χ4n) is 9.65. The third-order valence-electron chi connectivity index (χ3n) is 14.5. The zero-order valence-corrected chi connectivity index (χ0v) is 48.0. The highest BCUT2D eigenvalue weighted by atomic mass is 16.6. The molecule has 0 N–H and O–H groups in total. The van der Waals surface area contributed by atoms with Gasteiger partial charge in [-0.15, -0.1) is 0 Å². The Morgan fingerprint density at radius 3 is 0.803 bits per heavy atom. The van der Waals surface area contributed by atoms with Crippen LogP contribution in [0.4, 0.5) is 0 Å².